The van der Waals surface area contributed by atoms with Crippen molar-refractivity contribution >= 4 is 32.7 Å². The van der Waals surface area contributed by atoms with Crippen molar-refractivity contribution in [1.29, 1.82) is 0 Å². The van der Waals surface area contributed by atoms with Gasteiger partial charge in [-0.1, -0.05) is 0 Å². The Labute approximate surface area is 187 Å². The molecule has 3 heterocycles. The molecule has 0 unspecified atom stereocenters. The quantitative estimate of drug-likeness (QED) is 0.555. The Morgan fingerprint density at radius 2 is 1.85 bits per heavy atom. The van der Waals surface area contributed by atoms with E-state index < -0.39 is 22.3 Å². The number of furan rings is 1. The molecule has 1 aromatic carbocycles. The smallest absolute Gasteiger partial charge is 0.475 e. The fourth-order valence-corrected chi connectivity index (χ4v) is 4.01. The van der Waals surface area contributed by atoms with E-state index in [2.05, 4.69) is 21.8 Å². The number of hydrogen-bond acceptors (Lipinski definition) is 8. The van der Waals surface area contributed by atoms with Crippen LogP contribution in [-0.4, -0.2) is 68.8 Å². The molecule has 0 amide bonds. The van der Waals surface area contributed by atoms with E-state index in [0.29, 0.717) is 5.58 Å². The number of fused-ring (bicyclic) bond motifs is 1. The highest BCUT2D eigenvalue weighted by Crippen LogP contribution is 2.33. The first-order valence-electron chi connectivity index (χ1n) is 9.57. The minimum absolute atomic E-state index is 0.101. The van der Waals surface area contributed by atoms with Crippen LogP contribution in [0.4, 0.5) is 18.9 Å². The van der Waals surface area contributed by atoms with Gasteiger partial charge in [-0.2, -0.15) is 21.6 Å². The predicted molar refractivity (Wildman–Crippen MR) is 112 cm³/mol. The number of aliphatic carboxylic acids is 1. The molecule has 1 fully saturated rings. The molecule has 0 spiro atoms. The number of rotatable bonds is 4. The Kier molecular flexibility index (Phi) is 7.12. The number of pyridine rings is 1. The van der Waals surface area contributed by atoms with Gasteiger partial charge in [0, 0.05) is 37.8 Å². The first kappa shape index (κ1) is 24.3. The lowest BCUT2D eigenvalue weighted by molar-refractivity contribution is -0.192. The molecule has 0 atom stereocenters. The number of hydrogen-bond donors (Lipinski definition) is 1. The van der Waals surface area contributed by atoms with Crippen molar-refractivity contribution in [3.05, 3.63) is 49.0 Å². The average molecular weight is 487 g/mol. The zero-order valence-corrected chi connectivity index (χ0v) is 18.1. The van der Waals surface area contributed by atoms with Crippen molar-refractivity contribution in [1.82, 2.24) is 9.88 Å². The van der Waals surface area contributed by atoms with Gasteiger partial charge < -0.3 is 23.5 Å². The monoisotopic (exact) mass is 487 g/mol. The lowest BCUT2D eigenvalue weighted by Gasteiger charge is -2.34. The maximum Gasteiger partial charge on any atom is 0.490 e. The van der Waals surface area contributed by atoms with Gasteiger partial charge in [-0.3, -0.25) is 4.98 Å². The summed E-state index contributed by atoms with van der Waals surface area (Å²) in [5.41, 5.74) is 1.46. The number of carbonyl (C=O) groups is 1. The van der Waals surface area contributed by atoms with Crippen LogP contribution >= 0.6 is 0 Å². The summed E-state index contributed by atoms with van der Waals surface area (Å²) >= 11 is 0. The van der Waals surface area contributed by atoms with E-state index in [9.17, 15) is 21.6 Å². The first-order valence-corrected chi connectivity index (χ1v) is 11.0. The van der Waals surface area contributed by atoms with E-state index in [0.717, 1.165) is 37.3 Å². The molecule has 33 heavy (non-hydrogen) atoms. The third kappa shape index (κ3) is 6.14. The van der Waals surface area contributed by atoms with Crippen molar-refractivity contribution < 1.29 is 40.1 Å². The van der Waals surface area contributed by atoms with Gasteiger partial charge in [0.05, 0.1) is 18.1 Å². The van der Waals surface area contributed by atoms with E-state index >= 15 is 0 Å². The standard InChI is InChI=1S/C18H19N3O4S.C2HF3O2/c1-20-6-8-21(9-7-20)17-12-16(11-14-4-10-24-18(14)17)26(22,23)25-15-3-2-5-19-13-15;3-2(4,5)1(6)7/h2-5,10-13H,6-9H2,1H3;(H,6,7). The molecule has 1 N–H and O–H groups in total. The number of anilines is 1. The summed E-state index contributed by atoms with van der Waals surface area (Å²) in [6.07, 6.45) is -0.583. The minimum atomic E-state index is -5.08. The Bertz CT molecular complexity index is 1210. The average Bonchev–Trinajstić information content (AvgIpc) is 3.23. The van der Waals surface area contributed by atoms with Crippen molar-refractivity contribution in [2.45, 2.75) is 11.1 Å². The van der Waals surface area contributed by atoms with Crippen molar-refractivity contribution in [2.24, 2.45) is 0 Å². The van der Waals surface area contributed by atoms with E-state index in [-0.39, 0.29) is 10.6 Å². The molecule has 1 saturated heterocycles. The van der Waals surface area contributed by atoms with Crippen LogP contribution in [0.5, 0.6) is 5.75 Å². The van der Waals surface area contributed by atoms with Gasteiger partial charge in [0.2, 0.25) is 0 Å². The fraction of sp³-hybridized carbons (Fsp3) is 0.300. The number of nitrogens with zero attached hydrogens (tertiary/aromatic N) is 3. The highest BCUT2D eigenvalue weighted by Gasteiger charge is 2.38. The van der Waals surface area contributed by atoms with Crippen molar-refractivity contribution in [3.63, 3.8) is 0 Å². The molecule has 2 aromatic heterocycles. The highest BCUT2D eigenvalue weighted by atomic mass is 32.2. The van der Waals surface area contributed by atoms with Crippen LogP contribution < -0.4 is 9.08 Å². The Hall–Kier alpha value is -3.32. The minimum Gasteiger partial charge on any atom is -0.475 e. The van der Waals surface area contributed by atoms with Crippen molar-refractivity contribution in [2.75, 3.05) is 38.1 Å². The second kappa shape index (κ2) is 9.67. The second-order valence-corrected chi connectivity index (χ2v) is 8.65. The SMILES string of the molecule is CN1CCN(c2cc(S(=O)(=O)Oc3cccnc3)cc3ccoc23)CC1.O=C(O)C(F)(F)F. The van der Waals surface area contributed by atoms with Gasteiger partial charge in [0.15, 0.2) is 11.3 Å². The van der Waals surface area contributed by atoms with Gasteiger partial charge in [-0.25, -0.2) is 4.79 Å². The molecule has 178 valence electrons. The Balaban J connectivity index is 0.000000383. The maximum absolute atomic E-state index is 12.7. The zero-order chi connectivity index (χ0) is 24.2. The first-order chi connectivity index (χ1) is 15.5. The van der Waals surface area contributed by atoms with E-state index in [1.807, 2.05) is 0 Å². The van der Waals surface area contributed by atoms with Crippen LogP contribution in [0.3, 0.4) is 0 Å². The number of aromatic nitrogens is 1. The maximum atomic E-state index is 12.7. The highest BCUT2D eigenvalue weighted by molar-refractivity contribution is 7.87. The largest absolute Gasteiger partial charge is 0.490 e. The molecule has 1 aliphatic heterocycles. The molecule has 1 aliphatic rings. The second-order valence-electron chi connectivity index (χ2n) is 7.10. The van der Waals surface area contributed by atoms with Crippen LogP contribution in [0, 0.1) is 0 Å². The fourth-order valence-electron chi connectivity index (χ4n) is 3.03. The number of alkyl halides is 3. The van der Waals surface area contributed by atoms with Crippen LogP contribution in [0.2, 0.25) is 0 Å². The van der Waals surface area contributed by atoms with Crippen LogP contribution in [0.25, 0.3) is 11.0 Å². The number of benzene rings is 1. The zero-order valence-electron chi connectivity index (χ0n) is 17.3. The summed E-state index contributed by atoms with van der Waals surface area (Å²) in [4.78, 5) is 17.3. The molecule has 0 bridgehead atoms. The van der Waals surface area contributed by atoms with Gasteiger partial charge in [-0.05, 0) is 37.4 Å². The van der Waals surface area contributed by atoms with Gasteiger partial charge in [0.1, 0.15) is 4.90 Å². The van der Waals surface area contributed by atoms with Gasteiger partial charge >= 0.3 is 22.3 Å². The van der Waals surface area contributed by atoms with E-state index in [1.54, 1.807) is 42.8 Å². The third-order valence-corrected chi connectivity index (χ3v) is 5.95. The summed E-state index contributed by atoms with van der Waals surface area (Å²) in [5, 5.41) is 7.86. The van der Waals surface area contributed by atoms with Crippen LogP contribution in [-0.2, 0) is 14.9 Å². The molecule has 9 nitrogen and oxygen atoms in total. The summed E-state index contributed by atoms with van der Waals surface area (Å²) in [7, 11) is -1.90. The predicted octanol–water partition coefficient (Wildman–Crippen LogP) is 2.98. The normalized spacial score (nSPS) is 15.1. The van der Waals surface area contributed by atoms with E-state index in [1.165, 1.54) is 6.20 Å². The molecular weight excluding hydrogens is 467 g/mol. The topological polar surface area (TPSA) is 113 Å². The lowest BCUT2D eigenvalue weighted by Crippen LogP contribution is -2.44. The van der Waals surface area contributed by atoms with Crippen LogP contribution in [0.1, 0.15) is 0 Å². The number of piperazine rings is 1. The van der Waals surface area contributed by atoms with Crippen LogP contribution in [0.15, 0.2) is 58.3 Å². The third-order valence-electron chi connectivity index (χ3n) is 4.72. The molecule has 3 aromatic rings. The number of carboxylic acid groups (broad SMARTS) is 1. The number of halogens is 3. The van der Waals surface area contributed by atoms with Crippen molar-refractivity contribution in [3.8, 4) is 5.75 Å². The lowest BCUT2D eigenvalue weighted by atomic mass is 10.2. The summed E-state index contributed by atoms with van der Waals surface area (Å²) in [5.74, 6) is -2.58. The molecular formula is C20H20F3N3O6S. The molecule has 0 saturated carbocycles. The van der Waals surface area contributed by atoms with Gasteiger partial charge in [-0.15, -0.1) is 0 Å². The summed E-state index contributed by atoms with van der Waals surface area (Å²) in [6, 6.07) is 8.15. The molecule has 0 radical (unpaired) electrons. The summed E-state index contributed by atoms with van der Waals surface area (Å²) in [6.45, 7) is 3.43. The van der Waals surface area contributed by atoms with Gasteiger partial charge in [0.25, 0.3) is 0 Å². The Morgan fingerprint density at radius 1 is 1.18 bits per heavy atom. The molecule has 4 rings (SSSR count). The summed E-state index contributed by atoms with van der Waals surface area (Å²) < 4.78 is 68.1. The molecule has 13 heteroatoms. The van der Waals surface area contributed by atoms with E-state index in [4.69, 9.17) is 18.5 Å². The number of carboxylic acids is 1. The molecule has 0 aliphatic carbocycles. The number of likely N-dealkylation sites (N-methyl/N-ethyl adjacent to an activating group) is 1. The Morgan fingerprint density at radius 3 is 2.42 bits per heavy atom.